The average Bonchev–Trinajstić information content (AvgIpc) is 2.30. The number of nitrogens with two attached hydrogens (primary N) is 1. The Labute approximate surface area is 93.2 Å². The number of fused-ring (bicyclic) bond motifs is 1. The number of hydrogen-bond donors (Lipinski definition) is 1. The standard InChI is InChI=1S/C11H13N3O2/c1-15-6-7-16-10-3-2-9-11(14-10)8(12)4-5-13-9/h2-5H,6-7H2,1H3,(H2,12,13). The van der Waals surface area contributed by atoms with Crippen molar-refractivity contribution in [2.24, 2.45) is 0 Å². The second kappa shape index (κ2) is 4.76. The fourth-order valence-corrected chi connectivity index (χ4v) is 1.34. The fourth-order valence-electron chi connectivity index (χ4n) is 1.34. The third-order valence-electron chi connectivity index (χ3n) is 2.13. The molecule has 0 aliphatic carbocycles. The zero-order valence-electron chi connectivity index (χ0n) is 9.01. The molecule has 0 saturated carbocycles. The summed E-state index contributed by atoms with van der Waals surface area (Å²) < 4.78 is 10.3. The molecule has 2 heterocycles. The third-order valence-corrected chi connectivity index (χ3v) is 2.13. The molecular weight excluding hydrogens is 206 g/mol. The van der Waals surface area contributed by atoms with E-state index in [4.69, 9.17) is 15.2 Å². The maximum Gasteiger partial charge on any atom is 0.214 e. The number of ether oxygens (including phenoxy) is 2. The van der Waals surface area contributed by atoms with E-state index in [0.717, 1.165) is 5.52 Å². The van der Waals surface area contributed by atoms with Gasteiger partial charge in [-0.1, -0.05) is 0 Å². The quantitative estimate of drug-likeness (QED) is 0.783. The van der Waals surface area contributed by atoms with Gasteiger partial charge in [-0.25, -0.2) is 4.98 Å². The summed E-state index contributed by atoms with van der Waals surface area (Å²) >= 11 is 0. The van der Waals surface area contributed by atoms with Crippen molar-refractivity contribution in [1.29, 1.82) is 0 Å². The van der Waals surface area contributed by atoms with Gasteiger partial charge >= 0.3 is 0 Å². The van der Waals surface area contributed by atoms with Crippen LogP contribution < -0.4 is 10.5 Å². The molecule has 0 saturated heterocycles. The highest BCUT2D eigenvalue weighted by Crippen LogP contribution is 2.19. The lowest BCUT2D eigenvalue weighted by Crippen LogP contribution is -2.05. The van der Waals surface area contributed by atoms with Crippen LogP contribution >= 0.6 is 0 Å². The Balaban J connectivity index is 2.25. The van der Waals surface area contributed by atoms with Crippen molar-refractivity contribution < 1.29 is 9.47 Å². The normalized spacial score (nSPS) is 10.6. The topological polar surface area (TPSA) is 70.3 Å². The van der Waals surface area contributed by atoms with Crippen LogP contribution in [0.25, 0.3) is 11.0 Å². The van der Waals surface area contributed by atoms with Gasteiger partial charge in [0.1, 0.15) is 12.1 Å². The molecule has 2 N–H and O–H groups in total. The Hall–Kier alpha value is -1.88. The first-order valence-electron chi connectivity index (χ1n) is 4.94. The van der Waals surface area contributed by atoms with Gasteiger partial charge < -0.3 is 15.2 Å². The summed E-state index contributed by atoms with van der Waals surface area (Å²) in [7, 11) is 1.62. The highest BCUT2D eigenvalue weighted by molar-refractivity contribution is 5.86. The third kappa shape index (κ3) is 2.20. The van der Waals surface area contributed by atoms with E-state index in [1.807, 2.05) is 6.07 Å². The number of aromatic nitrogens is 2. The van der Waals surface area contributed by atoms with E-state index in [1.165, 1.54) is 0 Å². The predicted octanol–water partition coefficient (Wildman–Crippen LogP) is 1.24. The van der Waals surface area contributed by atoms with Crippen molar-refractivity contribution in [1.82, 2.24) is 9.97 Å². The molecule has 0 aliphatic rings. The van der Waals surface area contributed by atoms with Gasteiger partial charge in [-0.3, -0.25) is 4.98 Å². The van der Waals surface area contributed by atoms with Gasteiger partial charge in [0.25, 0.3) is 0 Å². The van der Waals surface area contributed by atoms with Crippen molar-refractivity contribution in [3.05, 3.63) is 24.4 Å². The first-order chi connectivity index (χ1) is 7.81. The molecule has 0 fully saturated rings. The lowest BCUT2D eigenvalue weighted by Gasteiger charge is -2.06. The van der Waals surface area contributed by atoms with Crippen LogP contribution in [-0.4, -0.2) is 30.3 Å². The zero-order valence-corrected chi connectivity index (χ0v) is 9.01. The Bertz CT molecular complexity index is 488. The van der Waals surface area contributed by atoms with E-state index in [2.05, 4.69) is 9.97 Å². The SMILES string of the molecule is COCCOc1ccc2nccc(N)c2n1. The van der Waals surface area contributed by atoms with E-state index in [1.54, 1.807) is 25.4 Å². The minimum absolute atomic E-state index is 0.467. The van der Waals surface area contributed by atoms with Gasteiger partial charge in [-0.15, -0.1) is 0 Å². The molecule has 0 unspecified atom stereocenters. The van der Waals surface area contributed by atoms with Crippen LogP contribution in [-0.2, 0) is 4.74 Å². The predicted molar refractivity (Wildman–Crippen MR) is 61.3 cm³/mol. The van der Waals surface area contributed by atoms with Crippen LogP contribution in [0.5, 0.6) is 5.88 Å². The summed E-state index contributed by atoms with van der Waals surface area (Å²) in [6.45, 7) is 0.997. The molecule has 2 aromatic rings. The smallest absolute Gasteiger partial charge is 0.214 e. The molecular formula is C11H13N3O2. The second-order valence-corrected chi connectivity index (χ2v) is 3.26. The first kappa shape index (κ1) is 10.6. The van der Waals surface area contributed by atoms with Gasteiger partial charge in [-0.2, -0.15) is 0 Å². The van der Waals surface area contributed by atoms with E-state index in [-0.39, 0.29) is 0 Å². The zero-order chi connectivity index (χ0) is 11.4. The highest BCUT2D eigenvalue weighted by Gasteiger charge is 2.02. The maximum atomic E-state index is 5.80. The molecule has 5 nitrogen and oxygen atoms in total. The largest absolute Gasteiger partial charge is 0.475 e. The molecule has 0 atom stereocenters. The fraction of sp³-hybridized carbons (Fsp3) is 0.273. The first-order valence-corrected chi connectivity index (χ1v) is 4.94. The number of pyridine rings is 2. The minimum atomic E-state index is 0.467. The molecule has 0 spiro atoms. The van der Waals surface area contributed by atoms with Crippen LogP contribution in [0, 0.1) is 0 Å². The summed E-state index contributed by atoms with van der Waals surface area (Å²) in [5.74, 6) is 0.532. The lowest BCUT2D eigenvalue weighted by molar-refractivity contribution is 0.144. The summed E-state index contributed by atoms with van der Waals surface area (Å²) in [6.07, 6.45) is 1.66. The molecule has 84 valence electrons. The van der Waals surface area contributed by atoms with Crippen molar-refractivity contribution in [3.63, 3.8) is 0 Å². The number of nitrogens with zero attached hydrogens (tertiary/aromatic N) is 2. The molecule has 0 aromatic carbocycles. The van der Waals surface area contributed by atoms with Crippen molar-refractivity contribution >= 4 is 16.7 Å². The molecule has 0 amide bonds. The van der Waals surface area contributed by atoms with E-state index < -0.39 is 0 Å². The number of methoxy groups -OCH3 is 1. The van der Waals surface area contributed by atoms with Crippen LogP contribution in [0.15, 0.2) is 24.4 Å². The van der Waals surface area contributed by atoms with Crippen LogP contribution in [0.1, 0.15) is 0 Å². The van der Waals surface area contributed by atoms with Gasteiger partial charge in [0.15, 0.2) is 0 Å². The second-order valence-electron chi connectivity index (χ2n) is 3.26. The van der Waals surface area contributed by atoms with Crippen LogP contribution in [0.4, 0.5) is 5.69 Å². The van der Waals surface area contributed by atoms with Gasteiger partial charge in [0, 0.05) is 19.4 Å². The molecule has 0 radical (unpaired) electrons. The molecule has 5 heteroatoms. The Morgan fingerprint density at radius 1 is 1.25 bits per heavy atom. The lowest BCUT2D eigenvalue weighted by atomic mass is 10.3. The number of anilines is 1. The molecule has 2 aromatic heterocycles. The van der Waals surface area contributed by atoms with E-state index in [0.29, 0.717) is 30.3 Å². The van der Waals surface area contributed by atoms with Gasteiger partial charge in [0.05, 0.1) is 17.8 Å². The van der Waals surface area contributed by atoms with E-state index >= 15 is 0 Å². The number of rotatable bonds is 4. The monoisotopic (exact) mass is 219 g/mol. The molecule has 16 heavy (non-hydrogen) atoms. The van der Waals surface area contributed by atoms with Crippen LogP contribution in [0.3, 0.4) is 0 Å². The van der Waals surface area contributed by atoms with Crippen molar-refractivity contribution in [2.75, 3.05) is 26.1 Å². The number of nitrogen functional groups attached to an aromatic ring is 1. The average molecular weight is 219 g/mol. The summed E-state index contributed by atoms with van der Waals surface area (Å²) in [4.78, 5) is 8.44. The summed E-state index contributed by atoms with van der Waals surface area (Å²) in [5, 5.41) is 0. The summed E-state index contributed by atoms with van der Waals surface area (Å²) in [5.41, 5.74) is 7.82. The van der Waals surface area contributed by atoms with Crippen LogP contribution in [0.2, 0.25) is 0 Å². The minimum Gasteiger partial charge on any atom is -0.475 e. The van der Waals surface area contributed by atoms with Gasteiger partial charge in [-0.05, 0) is 12.1 Å². The maximum absolute atomic E-state index is 5.80. The Morgan fingerprint density at radius 2 is 2.12 bits per heavy atom. The molecule has 0 aliphatic heterocycles. The summed E-state index contributed by atoms with van der Waals surface area (Å²) in [6, 6.07) is 5.32. The van der Waals surface area contributed by atoms with Gasteiger partial charge in [0.2, 0.25) is 5.88 Å². The van der Waals surface area contributed by atoms with E-state index in [9.17, 15) is 0 Å². The Kier molecular flexibility index (Phi) is 3.16. The van der Waals surface area contributed by atoms with Crippen molar-refractivity contribution in [3.8, 4) is 5.88 Å². The number of hydrogen-bond acceptors (Lipinski definition) is 5. The molecule has 0 bridgehead atoms. The molecule has 2 rings (SSSR count). The Morgan fingerprint density at radius 3 is 2.94 bits per heavy atom. The highest BCUT2D eigenvalue weighted by atomic mass is 16.5. The van der Waals surface area contributed by atoms with Crippen molar-refractivity contribution in [2.45, 2.75) is 0 Å².